The predicted molar refractivity (Wildman–Crippen MR) is 154 cm³/mol. The first-order valence-corrected chi connectivity index (χ1v) is 12.6. The molecule has 0 atom stereocenters. The van der Waals surface area contributed by atoms with Gasteiger partial charge in [-0.05, 0) is 48.0 Å². The van der Waals surface area contributed by atoms with Crippen LogP contribution < -0.4 is 25.6 Å². The second-order valence-electron chi connectivity index (χ2n) is 9.07. The summed E-state index contributed by atoms with van der Waals surface area (Å²) in [6.45, 7) is 3.58. The van der Waals surface area contributed by atoms with Gasteiger partial charge in [0.05, 0.1) is 6.42 Å². The van der Waals surface area contributed by atoms with Gasteiger partial charge in [-0.15, -0.1) is 12.4 Å². The van der Waals surface area contributed by atoms with E-state index in [0.717, 1.165) is 43.6 Å². The number of rotatable bonds is 7. The van der Waals surface area contributed by atoms with Gasteiger partial charge in [0.2, 0.25) is 5.91 Å². The summed E-state index contributed by atoms with van der Waals surface area (Å²) in [6, 6.07) is 13.9. The van der Waals surface area contributed by atoms with Crippen molar-refractivity contribution in [1.82, 2.24) is 20.6 Å². The number of hydrogen-bond acceptors (Lipinski definition) is 7. The number of imide groups is 1. The van der Waals surface area contributed by atoms with E-state index in [4.69, 9.17) is 4.74 Å². The Morgan fingerprint density at radius 3 is 2.44 bits per heavy atom. The van der Waals surface area contributed by atoms with Gasteiger partial charge in [-0.2, -0.15) is 0 Å². The molecule has 2 aromatic heterocycles. The number of piperazine rings is 1. The van der Waals surface area contributed by atoms with Crippen LogP contribution >= 0.6 is 12.4 Å². The molecule has 12 heteroatoms. The lowest BCUT2D eigenvalue weighted by molar-refractivity contribution is -0.119. The molecule has 1 aliphatic rings. The number of amides is 3. The Morgan fingerprint density at radius 1 is 0.951 bits per heavy atom. The minimum Gasteiger partial charge on any atom is -0.454 e. The molecule has 41 heavy (non-hydrogen) atoms. The zero-order valence-electron chi connectivity index (χ0n) is 21.8. The van der Waals surface area contributed by atoms with E-state index < -0.39 is 23.6 Å². The molecule has 0 radical (unpaired) electrons. The van der Waals surface area contributed by atoms with Crippen molar-refractivity contribution in [3.05, 3.63) is 96.5 Å². The highest BCUT2D eigenvalue weighted by atomic mass is 35.5. The number of anilines is 2. The van der Waals surface area contributed by atoms with E-state index in [-0.39, 0.29) is 30.3 Å². The molecule has 0 aliphatic carbocycles. The van der Waals surface area contributed by atoms with Gasteiger partial charge in [0.25, 0.3) is 0 Å². The maximum Gasteiger partial charge on any atom is 0.325 e. The fourth-order valence-electron chi connectivity index (χ4n) is 4.21. The first kappa shape index (κ1) is 29.4. The van der Waals surface area contributed by atoms with Gasteiger partial charge in [0, 0.05) is 67.7 Å². The molecule has 212 valence electrons. The molecular formula is C29H27ClF2N6O3. The third kappa shape index (κ3) is 7.74. The summed E-state index contributed by atoms with van der Waals surface area (Å²) in [7, 11) is 0. The van der Waals surface area contributed by atoms with E-state index in [1.807, 2.05) is 12.1 Å². The minimum atomic E-state index is -0.826. The van der Waals surface area contributed by atoms with Crippen molar-refractivity contribution in [1.29, 1.82) is 0 Å². The molecule has 4 aromatic rings. The summed E-state index contributed by atoms with van der Waals surface area (Å²) in [5.74, 6) is -0.525. The van der Waals surface area contributed by atoms with Crippen molar-refractivity contribution in [3.63, 3.8) is 0 Å². The van der Waals surface area contributed by atoms with Crippen LogP contribution in [0.5, 0.6) is 11.5 Å². The smallest absolute Gasteiger partial charge is 0.325 e. The zero-order valence-corrected chi connectivity index (χ0v) is 22.6. The van der Waals surface area contributed by atoms with Crippen molar-refractivity contribution in [2.45, 2.75) is 6.42 Å². The van der Waals surface area contributed by atoms with Crippen LogP contribution in [0.1, 0.15) is 5.56 Å². The van der Waals surface area contributed by atoms with Gasteiger partial charge in [-0.3, -0.25) is 15.1 Å². The van der Waals surface area contributed by atoms with Crippen molar-refractivity contribution < 1.29 is 23.1 Å². The number of nitrogens with one attached hydrogen (secondary N) is 3. The van der Waals surface area contributed by atoms with E-state index in [1.54, 1.807) is 24.7 Å². The molecule has 3 N–H and O–H groups in total. The molecule has 9 nitrogen and oxygen atoms in total. The Bertz CT molecular complexity index is 1500. The maximum atomic E-state index is 14.9. The van der Waals surface area contributed by atoms with Crippen LogP contribution in [0, 0.1) is 11.6 Å². The van der Waals surface area contributed by atoms with Gasteiger partial charge in [0.15, 0.2) is 11.6 Å². The molecule has 0 unspecified atom stereocenters. The molecule has 1 fully saturated rings. The van der Waals surface area contributed by atoms with Crippen LogP contribution in [0.2, 0.25) is 0 Å². The highest BCUT2D eigenvalue weighted by molar-refractivity contribution is 6.01. The summed E-state index contributed by atoms with van der Waals surface area (Å²) in [5.41, 5.74) is 2.07. The Morgan fingerprint density at radius 2 is 1.73 bits per heavy atom. The average Bonchev–Trinajstić information content (AvgIpc) is 2.96. The number of carbonyl (C=O) groups excluding carboxylic acids is 2. The molecule has 1 aliphatic heterocycles. The van der Waals surface area contributed by atoms with E-state index in [2.05, 4.69) is 30.8 Å². The number of aromatic nitrogens is 2. The van der Waals surface area contributed by atoms with Crippen LogP contribution in [0.3, 0.4) is 0 Å². The Hall–Kier alpha value is -4.61. The van der Waals surface area contributed by atoms with Gasteiger partial charge in [-0.25, -0.2) is 18.6 Å². The highest BCUT2D eigenvalue weighted by Crippen LogP contribution is 2.34. The molecule has 2 aromatic carbocycles. The minimum absolute atomic E-state index is 0. The molecular weight excluding hydrogens is 554 g/mol. The van der Waals surface area contributed by atoms with E-state index in [9.17, 15) is 18.4 Å². The fourth-order valence-corrected chi connectivity index (χ4v) is 4.21. The van der Waals surface area contributed by atoms with Crippen LogP contribution in [0.25, 0.3) is 11.1 Å². The lowest BCUT2D eigenvalue weighted by atomic mass is 10.1. The highest BCUT2D eigenvalue weighted by Gasteiger charge is 2.15. The normalized spacial score (nSPS) is 12.7. The van der Waals surface area contributed by atoms with Crippen molar-refractivity contribution in [2.24, 2.45) is 0 Å². The van der Waals surface area contributed by atoms with Crippen LogP contribution in [-0.2, 0) is 11.2 Å². The number of benzene rings is 2. The summed E-state index contributed by atoms with van der Waals surface area (Å²) >= 11 is 0. The second kappa shape index (κ2) is 13.6. The van der Waals surface area contributed by atoms with Crippen molar-refractivity contribution in [3.8, 4) is 22.6 Å². The summed E-state index contributed by atoms with van der Waals surface area (Å²) in [4.78, 5) is 35.3. The van der Waals surface area contributed by atoms with E-state index in [1.165, 1.54) is 36.4 Å². The quantitative estimate of drug-likeness (QED) is 0.284. The second-order valence-corrected chi connectivity index (χ2v) is 9.07. The Balaban J connectivity index is 0.00000387. The molecule has 3 amide bonds. The lowest BCUT2D eigenvalue weighted by Gasteiger charge is -2.28. The summed E-state index contributed by atoms with van der Waals surface area (Å²) in [5, 5.41) is 7.89. The molecule has 0 bridgehead atoms. The van der Waals surface area contributed by atoms with Crippen LogP contribution in [-0.4, -0.2) is 48.1 Å². The van der Waals surface area contributed by atoms with Gasteiger partial charge in [0.1, 0.15) is 17.4 Å². The third-order valence-corrected chi connectivity index (χ3v) is 6.22. The van der Waals surface area contributed by atoms with Crippen molar-refractivity contribution >= 4 is 35.9 Å². The number of nitrogens with zero attached hydrogens (tertiary/aromatic N) is 3. The van der Waals surface area contributed by atoms with Gasteiger partial charge in [-0.1, -0.05) is 12.1 Å². The molecule has 0 saturated carbocycles. The SMILES string of the molecule is Cl.O=C(Cc1ccc(F)cc1)NC(=O)Nc1ccc(Oc2ccncc2-c2ccc(N3CCNCC3)nc2)c(F)c1. The first-order chi connectivity index (χ1) is 19.4. The summed E-state index contributed by atoms with van der Waals surface area (Å²) < 4.78 is 33.8. The average molecular weight is 581 g/mol. The molecule has 1 saturated heterocycles. The molecule has 5 rings (SSSR count). The first-order valence-electron chi connectivity index (χ1n) is 12.6. The summed E-state index contributed by atoms with van der Waals surface area (Å²) in [6.07, 6.45) is 4.79. The van der Waals surface area contributed by atoms with E-state index >= 15 is 0 Å². The fraction of sp³-hybridized carbons (Fsp3) is 0.172. The monoisotopic (exact) mass is 580 g/mol. The van der Waals surface area contributed by atoms with Crippen LogP contribution in [0.4, 0.5) is 25.1 Å². The predicted octanol–water partition coefficient (Wildman–Crippen LogP) is 4.94. The number of carbonyl (C=O) groups is 2. The Kier molecular flexibility index (Phi) is 9.77. The standard InChI is InChI=1S/C29H26F2N6O3.ClH/c30-21-4-1-19(2-5-21)15-28(38)36-29(39)35-22-6-7-26(24(31)16-22)40-25-9-10-33-18-23(25)20-3-8-27(34-17-20)37-13-11-32-12-14-37;/h1-10,16-18,32H,11-15H2,(H2,35,36,38,39);1H. The largest absolute Gasteiger partial charge is 0.454 e. The zero-order chi connectivity index (χ0) is 27.9. The van der Waals surface area contributed by atoms with Crippen molar-refractivity contribution in [2.75, 3.05) is 36.4 Å². The number of pyridine rings is 2. The number of halogens is 3. The Labute approximate surface area is 241 Å². The number of ether oxygens (including phenoxy) is 1. The maximum absolute atomic E-state index is 14.9. The third-order valence-electron chi connectivity index (χ3n) is 6.22. The van der Waals surface area contributed by atoms with Gasteiger partial charge < -0.3 is 20.3 Å². The topological polar surface area (TPSA) is 108 Å². The molecule has 3 heterocycles. The molecule has 0 spiro atoms. The van der Waals surface area contributed by atoms with Gasteiger partial charge >= 0.3 is 6.03 Å². The lowest BCUT2D eigenvalue weighted by Crippen LogP contribution is -2.43. The van der Waals surface area contributed by atoms with E-state index in [0.29, 0.717) is 16.9 Å². The number of hydrogen-bond donors (Lipinski definition) is 3. The number of urea groups is 1. The van der Waals surface area contributed by atoms with Crippen LogP contribution in [0.15, 0.2) is 79.3 Å².